The predicted molar refractivity (Wildman–Crippen MR) is 78.7 cm³/mol. The highest BCUT2D eigenvalue weighted by Gasteiger charge is 2.21. The summed E-state index contributed by atoms with van der Waals surface area (Å²) in [6, 6.07) is 8.83. The van der Waals surface area contributed by atoms with Gasteiger partial charge in [-0.25, -0.2) is 4.98 Å². The smallest absolute Gasteiger partial charge is 0.118 e. The van der Waals surface area contributed by atoms with Crippen molar-refractivity contribution in [1.82, 2.24) is 10.3 Å². The van der Waals surface area contributed by atoms with E-state index in [9.17, 15) is 0 Å². The van der Waals surface area contributed by atoms with Crippen LogP contribution >= 0.6 is 11.3 Å². The Kier molecular flexibility index (Phi) is 3.53. The van der Waals surface area contributed by atoms with Crippen LogP contribution in [0.2, 0.25) is 0 Å². The molecule has 1 N–H and O–H groups in total. The summed E-state index contributed by atoms with van der Waals surface area (Å²) < 4.78 is 5.18. The molecule has 1 fully saturated rings. The second-order valence-corrected chi connectivity index (χ2v) is 6.18. The highest BCUT2D eigenvalue weighted by molar-refractivity contribution is 7.12. The topological polar surface area (TPSA) is 34.1 Å². The molecule has 0 unspecified atom stereocenters. The van der Waals surface area contributed by atoms with Crippen LogP contribution in [0.25, 0.3) is 11.3 Å². The van der Waals surface area contributed by atoms with E-state index in [1.807, 2.05) is 12.1 Å². The Bertz CT molecular complexity index is 558. The normalized spacial score (nSPS) is 14.6. The molecule has 0 bridgehead atoms. The molecule has 1 saturated carbocycles. The maximum atomic E-state index is 5.18. The zero-order valence-corrected chi connectivity index (χ0v) is 12.1. The van der Waals surface area contributed by atoms with Gasteiger partial charge in [0.25, 0.3) is 0 Å². The van der Waals surface area contributed by atoms with Crippen molar-refractivity contribution in [1.29, 1.82) is 0 Å². The Morgan fingerprint density at radius 1 is 1.32 bits per heavy atom. The van der Waals surface area contributed by atoms with E-state index >= 15 is 0 Å². The molecule has 100 valence electrons. The monoisotopic (exact) mass is 274 g/mol. The van der Waals surface area contributed by atoms with Gasteiger partial charge in [0.2, 0.25) is 0 Å². The van der Waals surface area contributed by atoms with Crippen LogP contribution in [0.5, 0.6) is 5.75 Å². The summed E-state index contributed by atoms with van der Waals surface area (Å²) in [5.74, 6) is 0.882. The fraction of sp³-hybridized carbons (Fsp3) is 0.400. The van der Waals surface area contributed by atoms with Crippen LogP contribution in [0.3, 0.4) is 0 Å². The average Bonchev–Trinajstić information content (AvgIpc) is 3.19. The Labute approximate surface area is 117 Å². The first-order valence-electron chi connectivity index (χ1n) is 6.60. The van der Waals surface area contributed by atoms with Crippen LogP contribution in [0.15, 0.2) is 24.3 Å². The molecule has 1 aromatic carbocycles. The second kappa shape index (κ2) is 5.31. The van der Waals surface area contributed by atoms with Crippen molar-refractivity contribution in [3.63, 3.8) is 0 Å². The molecule has 0 radical (unpaired) electrons. The first kappa shape index (κ1) is 12.6. The number of aromatic nitrogens is 1. The lowest BCUT2D eigenvalue weighted by Crippen LogP contribution is -2.14. The van der Waals surface area contributed by atoms with Gasteiger partial charge in [0, 0.05) is 23.0 Å². The third kappa shape index (κ3) is 2.96. The van der Waals surface area contributed by atoms with Gasteiger partial charge in [-0.2, -0.15) is 0 Å². The number of thiazole rings is 1. The fourth-order valence-corrected chi connectivity index (χ4v) is 2.97. The number of rotatable bonds is 5. The van der Waals surface area contributed by atoms with E-state index in [1.54, 1.807) is 18.4 Å². The lowest BCUT2D eigenvalue weighted by Gasteiger charge is -2.01. The lowest BCUT2D eigenvalue weighted by atomic mass is 10.1. The van der Waals surface area contributed by atoms with Gasteiger partial charge >= 0.3 is 0 Å². The first-order valence-corrected chi connectivity index (χ1v) is 7.42. The molecule has 2 aromatic rings. The average molecular weight is 274 g/mol. The molecule has 0 aliphatic heterocycles. The Morgan fingerprint density at radius 3 is 2.68 bits per heavy atom. The van der Waals surface area contributed by atoms with Crippen molar-refractivity contribution in [3.05, 3.63) is 34.2 Å². The van der Waals surface area contributed by atoms with E-state index in [-0.39, 0.29) is 0 Å². The van der Waals surface area contributed by atoms with Crippen molar-refractivity contribution in [3.8, 4) is 17.0 Å². The zero-order chi connectivity index (χ0) is 13.2. The largest absolute Gasteiger partial charge is 0.497 e. The highest BCUT2D eigenvalue weighted by atomic mass is 32.1. The molecule has 4 heteroatoms. The van der Waals surface area contributed by atoms with E-state index in [0.717, 1.165) is 29.6 Å². The third-order valence-corrected chi connectivity index (χ3v) is 4.29. The van der Waals surface area contributed by atoms with E-state index in [1.165, 1.54) is 22.7 Å². The van der Waals surface area contributed by atoms with Crippen molar-refractivity contribution >= 4 is 11.3 Å². The standard InChI is InChI=1S/C15H18N2OS/c1-10-15(11-3-7-13(18-2)8-4-11)17-14(19-10)9-16-12-5-6-12/h3-4,7-8,12,16H,5-6,9H2,1-2H3. The quantitative estimate of drug-likeness (QED) is 0.907. The van der Waals surface area contributed by atoms with E-state index in [2.05, 4.69) is 24.4 Å². The molecule has 1 aliphatic rings. The maximum Gasteiger partial charge on any atom is 0.118 e. The van der Waals surface area contributed by atoms with Gasteiger partial charge in [-0.3, -0.25) is 0 Å². The molecule has 1 aliphatic carbocycles. The van der Waals surface area contributed by atoms with E-state index in [4.69, 9.17) is 9.72 Å². The number of ether oxygens (including phenoxy) is 1. The molecule has 0 saturated heterocycles. The molecular formula is C15H18N2OS. The van der Waals surface area contributed by atoms with Crippen LogP contribution in [-0.2, 0) is 6.54 Å². The summed E-state index contributed by atoms with van der Waals surface area (Å²) >= 11 is 1.78. The van der Waals surface area contributed by atoms with Gasteiger partial charge in [0.15, 0.2) is 0 Å². The predicted octanol–water partition coefficient (Wildman–Crippen LogP) is 3.38. The zero-order valence-electron chi connectivity index (χ0n) is 11.3. The van der Waals surface area contributed by atoms with Gasteiger partial charge < -0.3 is 10.1 Å². The summed E-state index contributed by atoms with van der Waals surface area (Å²) in [7, 11) is 1.69. The minimum Gasteiger partial charge on any atom is -0.497 e. The second-order valence-electron chi connectivity index (χ2n) is 4.90. The van der Waals surface area contributed by atoms with Crippen LogP contribution in [-0.4, -0.2) is 18.1 Å². The van der Waals surface area contributed by atoms with Gasteiger partial charge in [-0.1, -0.05) is 0 Å². The summed E-state index contributed by atoms with van der Waals surface area (Å²) in [5.41, 5.74) is 2.26. The first-order chi connectivity index (χ1) is 9.26. The molecule has 19 heavy (non-hydrogen) atoms. The highest BCUT2D eigenvalue weighted by Crippen LogP contribution is 2.29. The number of methoxy groups -OCH3 is 1. The number of benzene rings is 1. The minimum absolute atomic E-state index is 0.730. The van der Waals surface area contributed by atoms with E-state index < -0.39 is 0 Å². The fourth-order valence-electron chi connectivity index (χ4n) is 2.06. The number of nitrogens with one attached hydrogen (secondary N) is 1. The molecule has 3 rings (SSSR count). The summed E-state index contributed by atoms with van der Waals surface area (Å²) in [5, 5.41) is 4.69. The Morgan fingerprint density at radius 2 is 2.05 bits per heavy atom. The Hall–Kier alpha value is -1.39. The van der Waals surface area contributed by atoms with Crippen LogP contribution in [0, 0.1) is 6.92 Å². The molecule has 1 aromatic heterocycles. The number of hydrogen-bond donors (Lipinski definition) is 1. The molecule has 0 atom stereocenters. The molecule has 0 amide bonds. The van der Waals surface area contributed by atoms with Gasteiger partial charge in [0.05, 0.1) is 12.8 Å². The molecule has 1 heterocycles. The van der Waals surface area contributed by atoms with Crippen molar-refractivity contribution in [2.24, 2.45) is 0 Å². The Balaban J connectivity index is 1.78. The van der Waals surface area contributed by atoms with Crippen molar-refractivity contribution < 1.29 is 4.74 Å². The maximum absolute atomic E-state index is 5.18. The van der Waals surface area contributed by atoms with Crippen LogP contribution < -0.4 is 10.1 Å². The molecule has 0 spiro atoms. The van der Waals surface area contributed by atoms with Gasteiger partial charge in [-0.05, 0) is 44.0 Å². The van der Waals surface area contributed by atoms with Crippen LogP contribution in [0.4, 0.5) is 0 Å². The summed E-state index contributed by atoms with van der Waals surface area (Å²) in [4.78, 5) is 6.03. The number of hydrogen-bond acceptors (Lipinski definition) is 4. The summed E-state index contributed by atoms with van der Waals surface area (Å²) in [6.07, 6.45) is 2.63. The van der Waals surface area contributed by atoms with Gasteiger partial charge in [-0.15, -0.1) is 11.3 Å². The number of aryl methyl sites for hydroxylation is 1. The van der Waals surface area contributed by atoms with Crippen molar-refractivity contribution in [2.75, 3.05) is 7.11 Å². The molecule has 3 nitrogen and oxygen atoms in total. The van der Waals surface area contributed by atoms with Gasteiger partial charge in [0.1, 0.15) is 10.8 Å². The SMILES string of the molecule is COc1ccc(-c2nc(CNC3CC3)sc2C)cc1. The number of nitrogens with zero attached hydrogens (tertiary/aromatic N) is 1. The van der Waals surface area contributed by atoms with Crippen molar-refractivity contribution in [2.45, 2.75) is 32.4 Å². The molecular weight excluding hydrogens is 256 g/mol. The third-order valence-electron chi connectivity index (χ3n) is 3.32. The minimum atomic E-state index is 0.730. The van der Waals surface area contributed by atoms with Crippen LogP contribution in [0.1, 0.15) is 22.7 Å². The summed E-state index contributed by atoms with van der Waals surface area (Å²) in [6.45, 7) is 3.03. The lowest BCUT2D eigenvalue weighted by molar-refractivity contribution is 0.415. The van der Waals surface area contributed by atoms with E-state index in [0.29, 0.717) is 0 Å².